The first kappa shape index (κ1) is 21.2. The van der Waals surface area contributed by atoms with E-state index in [1.165, 1.54) is 5.56 Å². The van der Waals surface area contributed by atoms with E-state index in [1.807, 2.05) is 43.3 Å². The lowest BCUT2D eigenvalue weighted by Crippen LogP contribution is -2.43. The van der Waals surface area contributed by atoms with Crippen LogP contribution < -0.4 is 5.32 Å². The SMILES string of the molecule is Cc1ccc(-c2ncc(C(=O)N[C@@H]3CCCC[C@@H]3CO)nc2-c2ccc(C)cc2)cc1. The molecule has 0 saturated heterocycles. The second kappa shape index (κ2) is 9.40. The van der Waals surface area contributed by atoms with Gasteiger partial charge < -0.3 is 10.4 Å². The van der Waals surface area contributed by atoms with Gasteiger partial charge in [0.25, 0.3) is 5.91 Å². The molecule has 5 nitrogen and oxygen atoms in total. The van der Waals surface area contributed by atoms with Gasteiger partial charge in [0.2, 0.25) is 0 Å². The van der Waals surface area contributed by atoms with Crippen molar-refractivity contribution in [3.05, 3.63) is 71.5 Å². The van der Waals surface area contributed by atoms with Crippen LogP contribution in [0.3, 0.4) is 0 Å². The molecule has 2 atom stereocenters. The van der Waals surface area contributed by atoms with E-state index in [-0.39, 0.29) is 24.5 Å². The molecule has 0 unspecified atom stereocenters. The molecule has 2 aromatic carbocycles. The van der Waals surface area contributed by atoms with Crippen LogP contribution in [0.15, 0.2) is 54.7 Å². The van der Waals surface area contributed by atoms with E-state index in [2.05, 4.69) is 29.4 Å². The van der Waals surface area contributed by atoms with E-state index in [9.17, 15) is 9.90 Å². The summed E-state index contributed by atoms with van der Waals surface area (Å²) < 4.78 is 0. The number of aliphatic hydroxyl groups excluding tert-OH is 1. The fraction of sp³-hybridized carbons (Fsp3) is 0.346. The number of amides is 1. The summed E-state index contributed by atoms with van der Waals surface area (Å²) in [5.74, 6) is -0.129. The zero-order valence-corrected chi connectivity index (χ0v) is 18.1. The first-order valence-electron chi connectivity index (χ1n) is 11.0. The lowest BCUT2D eigenvalue weighted by molar-refractivity contribution is 0.0867. The highest BCUT2D eigenvalue weighted by molar-refractivity contribution is 5.93. The molecular formula is C26H29N3O2. The molecule has 3 aromatic rings. The Morgan fingerprint density at radius 1 is 0.935 bits per heavy atom. The Morgan fingerprint density at radius 3 is 2.13 bits per heavy atom. The maximum atomic E-state index is 13.0. The first-order valence-corrected chi connectivity index (χ1v) is 11.0. The van der Waals surface area contributed by atoms with Crippen molar-refractivity contribution in [2.75, 3.05) is 6.61 Å². The van der Waals surface area contributed by atoms with Crippen molar-refractivity contribution in [2.45, 2.75) is 45.6 Å². The minimum atomic E-state index is -0.235. The number of nitrogens with one attached hydrogen (secondary N) is 1. The van der Waals surface area contributed by atoms with E-state index in [0.29, 0.717) is 11.4 Å². The Morgan fingerprint density at radius 2 is 1.52 bits per heavy atom. The molecule has 31 heavy (non-hydrogen) atoms. The van der Waals surface area contributed by atoms with E-state index in [0.717, 1.165) is 48.1 Å². The zero-order chi connectivity index (χ0) is 21.8. The minimum Gasteiger partial charge on any atom is -0.396 e. The molecule has 1 saturated carbocycles. The summed E-state index contributed by atoms with van der Waals surface area (Å²) in [7, 11) is 0. The number of carbonyl (C=O) groups excluding carboxylic acids is 1. The van der Waals surface area contributed by atoms with Gasteiger partial charge in [-0.25, -0.2) is 4.98 Å². The van der Waals surface area contributed by atoms with Gasteiger partial charge >= 0.3 is 0 Å². The molecule has 5 heteroatoms. The van der Waals surface area contributed by atoms with Crippen molar-refractivity contribution in [1.82, 2.24) is 15.3 Å². The van der Waals surface area contributed by atoms with Gasteiger partial charge in [0.1, 0.15) is 5.69 Å². The largest absolute Gasteiger partial charge is 0.396 e. The normalized spacial score (nSPS) is 18.5. The predicted octanol–water partition coefficient (Wildman–Crippen LogP) is 4.71. The van der Waals surface area contributed by atoms with Crippen molar-refractivity contribution in [1.29, 1.82) is 0 Å². The van der Waals surface area contributed by atoms with Crippen LogP contribution in [0, 0.1) is 19.8 Å². The molecule has 1 fully saturated rings. The molecule has 1 aliphatic carbocycles. The third kappa shape index (κ3) is 4.83. The summed E-state index contributed by atoms with van der Waals surface area (Å²) in [6.45, 7) is 4.19. The first-order chi connectivity index (χ1) is 15.0. The Labute approximate surface area is 183 Å². The second-order valence-corrected chi connectivity index (χ2v) is 8.49. The van der Waals surface area contributed by atoms with Gasteiger partial charge in [-0.1, -0.05) is 72.5 Å². The summed E-state index contributed by atoms with van der Waals surface area (Å²) in [6.07, 6.45) is 5.54. The molecule has 2 N–H and O–H groups in total. The maximum absolute atomic E-state index is 13.0. The summed E-state index contributed by atoms with van der Waals surface area (Å²) in [4.78, 5) is 22.4. The van der Waals surface area contributed by atoms with E-state index < -0.39 is 0 Å². The summed E-state index contributed by atoms with van der Waals surface area (Å²) in [6, 6.07) is 16.3. The highest BCUT2D eigenvalue weighted by Crippen LogP contribution is 2.30. The van der Waals surface area contributed by atoms with Crippen molar-refractivity contribution in [3.8, 4) is 22.5 Å². The second-order valence-electron chi connectivity index (χ2n) is 8.49. The molecule has 0 radical (unpaired) electrons. The molecular weight excluding hydrogens is 386 g/mol. The zero-order valence-electron chi connectivity index (χ0n) is 18.1. The average Bonchev–Trinajstić information content (AvgIpc) is 2.80. The van der Waals surface area contributed by atoms with Crippen molar-refractivity contribution in [3.63, 3.8) is 0 Å². The number of carbonyl (C=O) groups is 1. The molecule has 160 valence electrons. The van der Waals surface area contributed by atoms with Gasteiger partial charge in [0, 0.05) is 29.7 Å². The lowest BCUT2D eigenvalue weighted by atomic mass is 9.85. The van der Waals surface area contributed by atoms with E-state index >= 15 is 0 Å². The van der Waals surface area contributed by atoms with Gasteiger partial charge in [0.05, 0.1) is 17.6 Å². The third-order valence-corrected chi connectivity index (χ3v) is 6.12. The van der Waals surface area contributed by atoms with Crippen LogP contribution in [0.25, 0.3) is 22.5 Å². The summed E-state index contributed by atoms with van der Waals surface area (Å²) in [5.41, 5.74) is 5.98. The van der Waals surface area contributed by atoms with Crippen molar-refractivity contribution < 1.29 is 9.90 Å². The number of hydrogen-bond donors (Lipinski definition) is 2. The van der Waals surface area contributed by atoms with E-state index in [1.54, 1.807) is 6.20 Å². The Hall–Kier alpha value is -3.05. The maximum Gasteiger partial charge on any atom is 0.271 e. The molecule has 0 bridgehead atoms. The van der Waals surface area contributed by atoms with Gasteiger partial charge in [-0.2, -0.15) is 0 Å². The minimum absolute atomic E-state index is 0.0207. The van der Waals surface area contributed by atoms with Gasteiger partial charge in [0.15, 0.2) is 0 Å². The number of benzene rings is 2. The van der Waals surface area contributed by atoms with E-state index in [4.69, 9.17) is 4.98 Å². The van der Waals surface area contributed by atoms with Crippen LogP contribution in [0.1, 0.15) is 47.3 Å². The van der Waals surface area contributed by atoms with Crippen LogP contribution in [-0.2, 0) is 0 Å². The fourth-order valence-corrected chi connectivity index (χ4v) is 4.19. The lowest BCUT2D eigenvalue weighted by Gasteiger charge is -2.30. The highest BCUT2D eigenvalue weighted by Gasteiger charge is 2.27. The molecule has 0 aliphatic heterocycles. The molecule has 1 amide bonds. The van der Waals surface area contributed by atoms with Crippen LogP contribution in [0.2, 0.25) is 0 Å². The standard InChI is InChI=1S/C26H29N3O2/c1-17-7-11-19(12-8-17)24-25(20-13-9-18(2)10-14-20)28-23(15-27-24)26(31)29-22-6-4-3-5-21(22)16-30/h7-15,21-22,30H,3-6,16H2,1-2H3,(H,29,31)/t21-,22-/m1/s1. The summed E-state index contributed by atoms with van der Waals surface area (Å²) >= 11 is 0. The molecule has 0 spiro atoms. The number of nitrogens with zero attached hydrogens (tertiary/aromatic N) is 2. The average molecular weight is 416 g/mol. The molecule has 1 aromatic heterocycles. The van der Waals surface area contributed by atoms with Crippen LogP contribution in [-0.4, -0.2) is 33.6 Å². The van der Waals surface area contributed by atoms with Gasteiger partial charge in [-0.15, -0.1) is 0 Å². The number of rotatable bonds is 5. The number of hydrogen-bond acceptors (Lipinski definition) is 4. The quantitative estimate of drug-likeness (QED) is 0.633. The van der Waals surface area contributed by atoms with Crippen LogP contribution in [0.4, 0.5) is 0 Å². The third-order valence-electron chi connectivity index (χ3n) is 6.12. The molecule has 4 rings (SSSR count). The Balaban J connectivity index is 1.69. The number of aryl methyl sites for hydroxylation is 2. The van der Waals surface area contributed by atoms with Gasteiger partial charge in [-0.3, -0.25) is 9.78 Å². The van der Waals surface area contributed by atoms with Crippen molar-refractivity contribution in [2.24, 2.45) is 5.92 Å². The Kier molecular flexibility index (Phi) is 6.42. The summed E-state index contributed by atoms with van der Waals surface area (Å²) in [5, 5.41) is 12.8. The van der Waals surface area contributed by atoms with Crippen molar-refractivity contribution >= 4 is 5.91 Å². The van der Waals surface area contributed by atoms with Crippen LogP contribution in [0.5, 0.6) is 0 Å². The van der Waals surface area contributed by atoms with Gasteiger partial charge in [-0.05, 0) is 26.7 Å². The fourth-order valence-electron chi connectivity index (χ4n) is 4.19. The topological polar surface area (TPSA) is 75.1 Å². The smallest absolute Gasteiger partial charge is 0.271 e. The Bertz CT molecular complexity index is 1050. The monoisotopic (exact) mass is 415 g/mol. The molecule has 1 aliphatic rings. The van der Waals surface area contributed by atoms with Crippen LogP contribution >= 0.6 is 0 Å². The number of aromatic nitrogens is 2. The molecule has 1 heterocycles. The highest BCUT2D eigenvalue weighted by atomic mass is 16.3. The predicted molar refractivity (Wildman–Crippen MR) is 123 cm³/mol. The number of aliphatic hydroxyl groups is 1.